The normalized spacial score (nSPS) is 4.42. The first kappa shape index (κ1) is 70.2. The molecule has 1 N–H and O–H groups in total. The van der Waals surface area contributed by atoms with Crippen molar-refractivity contribution >= 4 is 70.0 Å². The Bertz CT molecular complexity index is 123. The van der Waals surface area contributed by atoms with Crippen molar-refractivity contribution in [3.63, 3.8) is 0 Å². The van der Waals surface area contributed by atoms with E-state index in [1.54, 1.807) is 6.92 Å². The van der Waals surface area contributed by atoms with Gasteiger partial charge in [0.25, 0.3) is 6.47 Å². The minimum absolute atomic E-state index is 0. The largest absolute Gasteiger partial charge is 1.00 e. The summed E-state index contributed by atoms with van der Waals surface area (Å²) in [5, 5.41) is 18.1. The fourth-order valence-corrected chi connectivity index (χ4v) is 0. The summed E-state index contributed by atoms with van der Waals surface area (Å²) in [4.78, 5) is 20.1. The van der Waals surface area contributed by atoms with Gasteiger partial charge >= 0.3 is 132 Å². The van der Waals surface area contributed by atoms with Crippen LogP contribution in [0.5, 0.6) is 0 Å². The maximum absolute atomic E-state index is 8.81. The van der Waals surface area contributed by atoms with E-state index in [9.17, 15) is 0 Å². The van der Waals surface area contributed by atoms with E-state index in [0.29, 0.717) is 0 Å². The van der Waals surface area contributed by atoms with Crippen LogP contribution in [-0.4, -0.2) is 43.5 Å². The molecule has 0 rings (SSSR count). The zero-order valence-electron chi connectivity index (χ0n) is 18.8. The third-order valence-electron chi connectivity index (χ3n) is 0.0393. The third kappa shape index (κ3) is 526. The Morgan fingerprint density at radius 2 is 1.08 bits per heavy atom. The van der Waals surface area contributed by atoms with Crippen molar-refractivity contribution in [2.45, 2.75) is 48.0 Å². The van der Waals surface area contributed by atoms with Crippen LogP contribution in [0, 0.1) is 0 Å². The number of carbonyl (C=O) groups is 2. The van der Waals surface area contributed by atoms with Crippen LogP contribution in [0.4, 0.5) is 0 Å². The van der Waals surface area contributed by atoms with Crippen molar-refractivity contribution < 1.29 is 160 Å². The summed E-state index contributed by atoms with van der Waals surface area (Å²) in [6, 6.07) is 0. The SMILES string of the molecule is Br.CC=O.CCBr.CCBr.CCC.CCO.O=CO[O-].[B].[H-].[H-].[K+].[K+].[Na+]. The van der Waals surface area contributed by atoms with Crippen molar-refractivity contribution in [3.05, 3.63) is 0 Å². The van der Waals surface area contributed by atoms with Crippen molar-refractivity contribution in [2.24, 2.45) is 0 Å². The Balaban J connectivity index is -0.00000000675. The fraction of sp³-hybridized carbons (Fsp3) is 0.833. The molecule has 12 heteroatoms. The second-order valence-corrected chi connectivity index (χ2v) is 4.23. The molecular weight excluding hydrogens is 576 g/mol. The van der Waals surface area contributed by atoms with E-state index in [0.717, 1.165) is 16.9 Å². The van der Waals surface area contributed by atoms with Gasteiger partial charge < -0.3 is 22.9 Å². The van der Waals surface area contributed by atoms with Crippen LogP contribution in [0.15, 0.2) is 0 Å². The van der Waals surface area contributed by atoms with Crippen molar-refractivity contribution in [1.82, 2.24) is 0 Å². The Kier molecular flexibility index (Phi) is 419. The molecule has 0 saturated heterocycles. The quantitative estimate of drug-likeness (QED) is 0.106. The average Bonchev–Trinajstić information content (AvgIpc) is 2.34. The van der Waals surface area contributed by atoms with E-state index in [-0.39, 0.29) is 174 Å². The van der Waals surface area contributed by atoms with Gasteiger partial charge in [-0.3, -0.25) is 4.79 Å². The molecule has 0 aromatic heterocycles. The molecule has 0 aromatic rings. The first-order valence-corrected chi connectivity index (χ1v) is 8.08. The van der Waals surface area contributed by atoms with E-state index >= 15 is 0 Å². The summed E-state index contributed by atoms with van der Waals surface area (Å²) in [6.45, 7) is 11.5. The van der Waals surface area contributed by atoms with Crippen molar-refractivity contribution in [2.75, 3.05) is 17.3 Å². The number of halogens is 3. The molecule has 0 aliphatic heterocycles. The topological polar surface area (TPSA) is 86.7 Å². The van der Waals surface area contributed by atoms with Crippen LogP contribution in [0.2, 0.25) is 0 Å². The second kappa shape index (κ2) is 143. The van der Waals surface area contributed by atoms with Crippen LogP contribution in [0.25, 0.3) is 0 Å². The smallest absolute Gasteiger partial charge is 1.00 e. The number of aliphatic hydroxyl groups is 1. The van der Waals surface area contributed by atoms with Gasteiger partial charge in [-0.1, -0.05) is 66.0 Å². The molecule has 5 nitrogen and oxygen atoms in total. The molecule has 0 aliphatic carbocycles. The van der Waals surface area contributed by atoms with Crippen LogP contribution in [0.3, 0.4) is 0 Å². The first-order chi connectivity index (χ1) is 8.99. The zero-order chi connectivity index (χ0) is 16.9. The minimum atomic E-state index is -0.181. The number of aliphatic hydroxyl groups excluding tert-OH is 1. The molecule has 0 spiro atoms. The molecule has 0 saturated carbocycles. The van der Waals surface area contributed by atoms with Crippen molar-refractivity contribution in [1.29, 1.82) is 0 Å². The van der Waals surface area contributed by atoms with Crippen LogP contribution >= 0.6 is 48.8 Å². The number of aldehydes is 1. The number of carbonyl (C=O) groups excluding carboxylic acids is 2. The summed E-state index contributed by atoms with van der Waals surface area (Å²) in [7, 11) is 0. The average molecular weight is 608 g/mol. The van der Waals surface area contributed by atoms with E-state index in [1.165, 1.54) is 13.3 Å². The Hall–Kier alpha value is 4.84. The van der Waals surface area contributed by atoms with Gasteiger partial charge in [0.2, 0.25) is 0 Å². The van der Waals surface area contributed by atoms with Gasteiger partial charge in [-0.05, 0) is 13.8 Å². The van der Waals surface area contributed by atoms with Crippen molar-refractivity contribution in [3.8, 4) is 0 Å². The molecule has 0 bridgehead atoms. The molecule has 0 amide bonds. The maximum atomic E-state index is 8.81. The van der Waals surface area contributed by atoms with Crippen LogP contribution < -0.4 is 138 Å². The minimum Gasteiger partial charge on any atom is -1.00 e. The fourth-order valence-electron chi connectivity index (χ4n) is 0. The summed E-state index contributed by atoms with van der Waals surface area (Å²) >= 11 is 6.29. The predicted octanol–water partition coefficient (Wildman–Crippen LogP) is -5.71. The predicted molar refractivity (Wildman–Crippen MR) is 105 cm³/mol. The Labute approximate surface area is 289 Å². The molecule has 0 heterocycles. The number of hydrogen-bond acceptors (Lipinski definition) is 5. The molecule has 0 unspecified atom stereocenters. The van der Waals surface area contributed by atoms with E-state index in [1.807, 2.05) is 13.8 Å². The molecule has 0 aromatic carbocycles. The molecule has 24 heavy (non-hydrogen) atoms. The van der Waals surface area contributed by atoms with E-state index in [4.69, 9.17) is 20.0 Å². The van der Waals surface area contributed by atoms with Gasteiger partial charge in [0.05, 0.1) is 0 Å². The van der Waals surface area contributed by atoms with Gasteiger partial charge in [0, 0.05) is 25.7 Å². The van der Waals surface area contributed by atoms with E-state index < -0.39 is 0 Å². The number of rotatable bonds is 1. The summed E-state index contributed by atoms with van der Waals surface area (Å²) in [5.74, 6) is 0. The Morgan fingerprint density at radius 1 is 1.04 bits per heavy atom. The molecule has 0 fully saturated rings. The standard InChI is InChI=1S/C3H8.2C2H5Br.C2H6O.C2H4O.CH2O3.B.BrH.2K.Na.2H/c1-3-2;4*1-2-3;2-1-4-3;;;;;;;/h3H2,1-2H3;2*2H2,1H3;3H,2H2,1H3;2H,1H3;1,3H;;1H;;;;;/q;;;;;;;;3*+1;2*-1/p-1. The van der Waals surface area contributed by atoms with Crippen LogP contribution in [-0.2, 0) is 14.5 Å². The molecule has 0 atom stereocenters. The Morgan fingerprint density at radius 3 is 1.08 bits per heavy atom. The molecule has 3 radical (unpaired) electrons. The second-order valence-electron chi connectivity index (χ2n) is 1.99. The monoisotopic (exact) mass is 605 g/mol. The van der Waals surface area contributed by atoms with Crippen LogP contribution in [0.1, 0.15) is 50.8 Å². The molecular formula is C12H32BBr3K2NaO5. The van der Waals surface area contributed by atoms with E-state index in [2.05, 4.69) is 50.6 Å². The first-order valence-electron chi connectivity index (χ1n) is 5.84. The van der Waals surface area contributed by atoms with Gasteiger partial charge in [-0.25, -0.2) is 0 Å². The molecule has 0 aliphatic rings. The van der Waals surface area contributed by atoms with Gasteiger partial charge in [0.15, 0.2) is 0 Å². The molecule has 137 valence electrons. The van der Waals surface area contributed by atoms with Gasteiger partial charge in [0.1, 0.15) is 6.29 Å². The number of alkyl halides is 2. The third-order valence-corrected chi connectivity index (χ3v) is 0.0393. The van der Waals surface area contributed by atoms with Gasteiger partial charge in [-0.15, -0.1) is 17.0 Å². The number of hydrogen-bond donors (Lipinski definition) is 1. The summed E-state index contributed by atoms with van der Waals surface area (Å²) in [5.41, 5.74) is 0. The van der Waals surface area contributed by atoms with Gasteiger partial charge in [-0.2, -0.15) is 0 Å². The summed E-state index contributed by atoms with van der Waals surface area (Å²) in [6.07, 6.45) is 2.00. The zero-order valence-corrected chi connectivity index (χ0v) is 29.9. The maximum Gasteiger partial charge on any atom is 1.00 e. The summed E-state index contributed by atoms with van der Waals surface area (Å²) < 4.78 is 0.